The zero-order chi connectivity index (χ0) is 21.7. The van der Waals surface area contributed by atoms with Crippen LogP contribution in [0.2, 0.25) is 10.0 Å². The Labute approximate surface area is 184 Å². The second-order valence-electron chi connectivity index (χ2n) is 6.53. The molecule has 0 aliphatic rings. The van der Waals surface area contributed by atoms with E-state index in [4.69, 9.17) is 39.8 Å². The predicted molar refractivity (Wildman–Crippen MR) is 126 cm³/mol. The van der Waals surface area contributed by atoms with E-state index in [2.05, 4.69) is 0 Å². The molecule has 0 atom stereocenters. The Morgan fingerprint density at radius 2 is 0.900 bits per heavy atom. The first-order chi connectivity index (χ1) is 14.4. The fraction of sp³-hybridized carbons (Fsp3) is 0. The number of benzene rings is 4. The van der Waals surface area contributed by atoms with Crippen molar-refractivity contribution >= 4 is 34.6 Å². The lowest BCUT2D eigenvalue weighted by Gasteiger charge is -2.12. The van der Waals surface area contributed by atoms with Crippen LogP contribution in [-0.2, 0) is 0 Å². The second kappa shape index (κ2) is 9.44. The molecule has 6 N–H and O–H groups in total. The Bertz CT molecular complexity index is 1070. The van der Waals surface area contributed by atoms with Gasteiger partial charge in [-0.2, -0.15) is 0 Å². The third-order valence-electron chi connectivity index (χ3n) is 4.34. The van der Waals surface area contributed by atoms with Crippen LogP contribution in [0.1, 0.15) is 0 Å². The van der Waals surface area contributed by atoms with Crippen molar-refractivity contribution in [2.24, 2.45) is 0 Å². The predicted octanol–water partition coefficient (Wildman–Crippen LogP) is 6.59. The van der Waals surface area contributed by atoms with E-state index in [0.717, 1.165) is 22.3 Å². The number of halogens is 2. The first-order valence-electron chi connectivity index (χ1n) is 9.03. The number of nitrogens with two attached hydrogens (primary N) is 2. The van der Waals surface area contributed by atoms with Crippen LogP contribution in [-0.4, -0.2) is 10.2 Å². The van der Waals surface area contributed by atoms with Gasteiger partial charge in [0.05, 0.1) is 10.0 Å². The Balaban J connectivity index is 0.000000216. The van der Waals surface area contributed by atoms with Crippen LogP contribution in [0, 0.1) is 0 Å². The first kappa shape index (κ1) is 21.4. The fourth-order valence-corrected chi connectivity index (χ4v) is 3.42. The van der Waals surface area contributed by atoms with Crippen molar-refractivity contribution in [3.8, 4) is 33.8 Å². The highest BCUT2D eigenvalue weighted by atomic mass is 35.5. The van der Waals surface area contributed by atoms with Gasteiger partial charge >= 0.3 is 0 Å². The molecule has 152 valence electrons. The normalized spacial score (nSPS) is 10.2. The highest BCUT2D eigenvalue weighted by Gasteiger charge is 2.12. The molecule has 0 aliphatic heterocycles. The van der Waals surface area contributed by atoms with Gasteiger partial charge in [-0.1, -0.05) is 83.9 Å². The van der Waals surface area contributed by atoms with E-state index < -0.39 is 0 Å². The number of anilines is 2. The van der Waals surface area contributed by atoms with Crippen LogP contribution in [0.15, 0.2) is 84.9 Å². The number of nitrogen functional groups attached to an aromatic ring is 2. The zero-order valence-corrected chi connectivity index (χ0v) is 17.4. The fourth-order valence-electron chi connectivity index (χ4n) is 2.92. The first-order valence-corrected chi connectivity index (χ1v) is 9.79. The number of hydrogen-bond acceptors (Lipinski definition) is 4. The molecular weight excluding hydrogens is 419 g/mol. The average molecular weight is 439 g/mol. The molecule has 4 aromatic carbocycles. The molecule has 0 aliphatic carbocycles. The van der Waals surface area contributed by atoms with Gasteiger partial charge in [0.2, 0.25) is 0 Å². The summed E-state index contributed by atoms with van der Waals surface area (Å²) in [6.45, 7) is 0. The van der Waals surface area contributed by atoms with E-state index in [0.29, 0.717) is 11.4 Å². The molecule has 0 heterocycles. The molecule has 0 amide bonds. The molecule has 4 rings (SSSR count). The van der Waals surface area contributed by atoms with Crippen LogP contribution in [0.5, 0.6) is 11.5 Å². The lowest BCUT2D eigenvalue weighted by atomic mass is 9.96. The van der Waals surface area contributed by atoms with E-state index in [-0.39, 0.29) is 21.5 Å². The lowest BCUT2D eigenvalue weighted by Crippen LogP contribution is -1.90. The summed E-state index contributed by atoms with van der Waals surface area (Å²) in [5.41, 5.74) is 15.8. The average Bonchev–Trinajstić information content (AvgIpc) is 2.75. The van der Waals surface area contributed by atoms with Crippen molar-refractivity contribution in [2.45, 2.75) is 0 Å². The van der Waals surface area contributed by atoms with Gasteiger partial charge in [0, 0.05) is 22.5 Å². The maximum atomic E-state index is 10.6. The minimum atomic E-state index is -0.127. The van der Waals surface area contributed by atoms with E-state index in [1.165, 1.54) is 12.1 Å². The second-order valence-corrected chi connectivity index (χ2v) is 7.34. The summed E-state index contributed by atoms with van der Waals surface area (Å²) in [6.07, 6.45) is 0. The summed E-state index contributed by atoms with van der Waals surface area (Å²) in [6, 6.07) is 26.0. The minimum absolute atomic E-state index is 0.127. The largest absolute Gasteiger partial charge is 0.507 e. The summed E-state index contributed by atoms with van der Waals surface area (Å²) < 4.78 is 0. The van der Waals surface area contributed by atoms with E-state index >= 15 is 0 Å². The van der Waals surface area contributed by atoms with E-state index in [9.17, 15) is 5.11 Å². The van der Waals surface area contributed by atoms with Gasteiger partial charge in [0.1, 0.15) is 5.75 Å². The van der Waals surface area contributed by atoms with Crippen LogP contribution in [0.4, 0.5) is 11.4 Å². The van der Waals surface area contributed by atoms with Crippen LogP contribution in [0.25, 0.3) is 22.3 Å². The topological polar surface area (TPSA) is 92.5 Å². The van der Waals surface area contributed by atoms with Crippen molar-refractivity contribution < 1.29 is 10.2 Å². The summed E-state index contributed by atoms with van der Waals surface area (Å²) in [5, 5.41) is 19.9. The highest BCUT2D eigenvalue weighted by molar-refractivity contribution is 6.37. The minimum Gasteiger partial charge on any atom is -0.507 e. The Morgan fingerprint density at radius 1 is 0.533 bits per heavy atom. The molecule has 4 aromatic rings. The van der Waals surface area contributed by atoms with Gasteiger partial charge in [0.25, 0.3) is 0 Å². The van der Waals surface area contributed by atoms with Crippen molar-refractivity contribution in [1.82, 2.24) is 0 Å². The van der Waals surface area contributed by atoms with E-state index in [1.54, 1.807) is 12.1 Å². The summed E-state index contributed by atoms with van der Waals surface area (Å²) >= 11 is 11.0. The molecule has 4 nitrogen and oxygen atoms in total. The standard InChI is InChI=1S/C18H15NO.C6H5Cl2NO/c19-15-11-16(13-7-3-1-4-8-13)18(20)17(12-15)14-9-5-2-6-10-14;7-4-1-3(9)2-5(8)6(4)10/h1-12,20H,19H2;1-2,10H,9H2. The third kappa shape index (κ3) is 4.98. The van der Waals surface area contributed by atoms with Gasteiger partial charge in [-0.3, -0.25) is 0 Å². The number of aromatic hydroxyl groups is 2. The maximum absolute atomic E-state index is 10.6. The highest BCUT2D eigenvalue weighted by Crippen LogP contribution is 2.39. The number of rotatable bonds is 2. The molecule has 0 radical (unpaired) electrons. The summed E-state index contributed by atoms with van der Waals surface area (Å²) in [7, 11) is 0. The lowest BCUT2D eigenvalue weighted by molar-refractivity contribution is 0.476. The van der Waals surface area contributed by atoms with Crippen LogP contribution in [0.3, 0.4) is 0 Å². The summed E-state index contributed by atoms with van der Waals surface area (Å²) in [5.74, 6) is 0.133. The zero-order valence-electron chi connectivity index (χ0n) is 15.9. The number of phenolic OH excluding ortho intramolecular Hbond substituents is 2. The SMILES string of the molecule is Nc1cc(-c2ccccc2)c(O)c(-c2ccccc2)c1.Nc1cc(Cl)c(O)c(Cl)c1. The van der Waals surface area contributed by atoms with Crippen LogP contribution < -0.4 is 11.5 Å². The van der Waals surface area contributed by atoms with Gasteiger partial charge in [-0.15, -0.1) is 0 Å². The van der Waals surface area contributed by atoms with Crippen molar-refractivity contribution in [1.29, 1.82) is 0 Å². The van der Waals surface area contributed by atoms with Gasteiger partial charge in [-0.25, -0.2) is 0 Å². The number of phenols is 2. The molecule has 0 bridgehead atoms. The Hall–Kier alpha value is -3.34. The molecule has 0 unspecified atom stereocenters. The van der Waals surface area contributed by atoms with Gasteiger partial charge in [-0.05, 0) is 35.4 Å². The van der Waals surface area contributed by atoms with Gasteiger partial charge in [0.15, 0.2) is 5.75 Å². The molecule has 0 saturated heterocycles. The Morgan fingerprint density at radius 3 is 1.30 bits per heavy atom. The summed E-state index contributed by atoms with van der Waals surface area (Å²) in [4.78, 5) is 0. The molecule has 0 aromatic heterocycles. The number of hydrogen-bond donors (Lipinski definition) is 4. The quantitative estimate of drug-likeness (QED) is 0.209. The third-order valence-corrected chi connectivity index (χ3v) is 4.92. The Kier molecular flexibility index (Phi) is 6.72. The monoisotopic (exact) mass is 438 g/mol. The maximum Gasteiger partial charge on any atom is 0.152 e. The van der Waals surface area contributed by atoms with Crippen molar-refractivity contribution in [3.05, 3.63) is 95.0 Å². The van der Waals surface area contributed by atoms with Crippen molar-refractivity contribution in [2.75, 3.05) is 11.5 Å². The smallest absolute Gasteiger partial charge is 0.152 e. The van der Waals surface area contributed by atoms with Crippen LogP contribution >= 0.6 is 23.2 Å². The molecule has 30 heavy (non-hydrogen) atoms. The molecule has 0 spiro atoms. The molecular formula is C24H20Cl2N2O2. The molecule has 6 heteroatoms. The molecule has 0 saturated carbocycles. The van der Waals surface area contributed by atoms with E-state index in [1.807, 2.05) is 60.7 Å². The van der Waals surface area contributed by atoms with Crippen molar-refractivity contribution in [3.63, 3.8) is 0 Å². The molecule has 0 fully saturated rings. The van der Waals surface area contributed by atoms with Gasteiger partial charge < -0.3 is 21.7 Å².